The minimum atomic E-state index is -1.61. The number of ether oxygens (including phenoxy) is 4. The molecule has 0 heterocycles. The second kappa shape index (κ2) is 63.3. The lowest BCUT2D eigenvalue weighted by Gasteiger charge is -2.26. The second-order valence-electron chi connectivity index (χ2n) is 25.9. The van der Waals surface area contributed by atoms with E-state index in [9.17, 15) is 19.5 Å². The second-order valence-corrected chi connectivity index (χ2v) is 25.9. The van der Waals surface area contributed by atoms with Gasteiger partial charge in [-0.25, -0.2) is 0 Å². The zero-order valence-corrected chi connectivity index (χ0v) is 54.5. The number of nitrogens with zero attached hydrogens (tertiary/aromatic N) is 1. The first kappa shape index (κ1) is 78.3. The summed E-state index contributed by atoms with van der Waals surface area (Å²) in [5, 5.41) is 11.8. The highest BCUT2D eigenvalue weighted by Gasteiger charge is 2.22. The standard InChI is InChI=1S/C71H139NO8/c1-6-8-10-12-14-16-18-20-22-23-24-25-26-27-28-29-30-31-32-33-34-35-36-37-38-39-40-41-42-43-44-45-46-47-48-50-52-54-56-58-60-62-69(74)80-67(66-79-71(70(75)76)77-64-63-72(3,4)5)65-78-68(73)61-59-57-55-53-51-49-21-19-17-15-13-11-9-7-2/h67,71H,6-66H2,1-5H3. The Balaban J connectivity index is 3.84. The summed E-state index contributed by atoms with van der Waals surface area (Å²) in [6.07, 6.45) is 72.3. The Hall–Kier alpha value is -1.71. The normalized spacial score (nSPS) is 12.6. The number of unbranched alkanes of at least 4 members (excludes halogenated alkanes) is 53. The van der Waals surface area contributed by atoms with Crippen LogP contribution in [0, 0.1) is 0 Å². The Kier molecular flexibility index (Phi) is 62.0. The van der Waals surface area contributed by atoms with Gasteiger partial charge in [0.1, 0.15) is 13.2 Å². The number of carbonyl (C=O) groups is 3. The van der Waals surface area contributed by atoms with Crippen molar-refractivity contribution in [2.75, 3.05) is 47.5 Å². The molecule has 0 saturated heterocycles. The van der Waals surface area contributed by atoms with Crippen LogP contribution >= 0.6 is 0 Å². The van der Waals surface area contributed by atoms with Crippen LogP contribution in [0.4, 0.5) is 0 Å². The predicted octanol–water partition coefficient (Wildman–Crippen LogP) is 20.5. The third-order valence-corrected chi connectivity index (χ3v) is 16.6. The summed E-state index contributed by atoms with van der Waals surface area (Å²) in [5.41, 5.74) is 0. The van der Waals surface area contributed by atoms with Crippen molar-refractivity contribution in [3.63, 3.8) is 0 Å². The van der Waals surface area contributed by atoms with Gasteiger partial charge in [0.2, 0.25) is 0 Å². The lowest BCUT2D eigenvalue weighted by molar-refractivity contribution is -0.870. The van der Waals surface area contributed by atoms with Crippen LogP contribution < -0.4 is 5.11 Å². The first-order valence-corrected chi connectivity index (χ1v) is 35.7. The van der Waals surface area contributed by atoms with E-state index in [1.54, 1.807) is 0 Å². The van der Waals surface area contributed by atoms with Crippen molar-refractivity contribution in [2.24, 2.45) is 0 Å². The molecule has 0 aliphatic heterocycles. The van der Waals surface area contributed by atoms with Crippen molar-refractivity contribution in [3.8, 4) is 0 Å². The Bertz CT molecular complexity index is 1270. The van der Waals surface area contributed by atoms with Crippen molar-refractivity contribution < 1.29 is 42.9 Å². The van der Waals surface area contributed by atoms with Crippen LogP contribution in [0.15, 0.2) is 0 Å². The van der Waals surface area contributed by atoms with Crippen LogP contribution in [0.1, 0.15) is 380 Å². The molecule has 0 spiro atoms. The Labute approximate surface area is 498 Å². The third kappa shape index (κ3) is 63.9. The van der Waals surface area contributed by atoms with Gasteiger partial charge in [0.05, 0.1) is 40.3 Å². The van der Waals surface area contributed by atoms with Crippen LogP contribution in [0.3, 0.4) is 0 Å². The van der Waals surface area contributed by atoms with Gasteiger partial charge in [-0.15, -0.1) is 0 Å². The Morgan fingerprint density at radius 3 is 0.800 bits per heavy atom. The number of carbonyl (C=O) groups excluding carboxylic acids is 3. The van der Waals surface area contributed by atoms with Crippen LogP contribution in [-0.4, -0.2) is 82.3 Å². The molecule has 0 fully saturated rings. The maximum Gasteiger partial charge on any atom is 0.306 e. The lowest BCUT2D eigenvalue weighted by atomic mass is 10.0. The molecule has 0 aliphatic carbocycles. The minimum absolute atomic E-state index is 0.153. The van der Waals surface area contributed by atoms with Gasteiger partial charge in [-0.2, -0.15) is 0 Å². The first-order chi connectivity index (χ1) is 39.1. The quantitative estimate of drug-likeness (QED) is 0.0256. The van der Waals surface area contributed by atoms with Gasteiger partial charge in [-0.3, -0.25) is 9.59 Å². The molecule has 0 rings (SSSR count). The zero-order valence-electron chi connectivity index (χ0n) is 54.5. The molecule has 9 heteroatoms. The van der Waals surface area contributed by atoms with E-state index in [0.29, 0.717) is 17.4 Å². The minimum Gasteiger partial charge on any atom is -0.545 e. The largest absolute Gasteiger partial charge is 0.545 e. The molecule has 0 N–H and O–H groups in total. The highest BCUT2D eigenvalue weighted by molar-refractivity contribution is 5.70. The topological polar surface area (TPSA) is 111 Å². The summed E-state index contributed by atoms with van der Waals surface area (Å²) < 4.78 is 22.8. The summed E-state index contributed by atoms with van der Waals surface area (Å²) in [4.78, 5) is 37.3. The molecule has 80 heavy (non-hydrogen) atoms. The molecule has 0 bridgehead atoms. The van der Waals surface area contributed by atoms with E-state index in [1.807, 2.05) is 21.1 Å². The molecule has 2 unspecified atom stereocenters. The summed E-state index contributed by atoms with van der Waals surface area (Å²) in [6.45, 7) is 4.82. The average molecular weight is 1130 g/mol. The van der Waals surface area contributed by atoms with Gasteiger partial charge in [0.25, 0.3) is 0 Å². The molecule has 0 aromatic heterocycles. The number of rotatable bonds is 68. The molecule has 0 aromatic carbocycles. The van der Waals surface area contributed by atoms with Gasteiger partial charge in [-0.05, 0) is 12.8 Å². The summed E-state index contributed by atoms with van der Waals surface area (Å²) >= 11 is 0. The lowest BCUT2D eigenvalue weighted by Crippen LogP contribution is -2.44. The van der Waals surface area contributed by atoms with E-state index < -0.39 is 24.3 Å². The Morgan fingerprint density at radius 1 is 0.325 bits per heavy atom. The SMILES string of the molecule is CCCCCCCCCCCCCCCCCCCCCCCCCCCCCCCCCCCCCCCCCCCC(=O)OC(COC(=O)CCCCCCCCCCCCCCCC)COC(OCC[N+](C)(C)C)C(=O)[O-]. The van der Waals surface area contributed by atoms with Gasteiger partial charge in [-0.1, -0.05) is 354 Å². The van der Waals surface area contributed by atoms with Gasteiger partial charge in [0, 0.05) is 12.8 Å². The maximum atomic E-state index is 12.9. The number of likely N-dealkylation sites (N-methyl/N-ethyl adjacent to an activating group) is 1. The van der Waals surface area contributed by atoms with Crippen LogP contribution in [0.5, 0.6) is 0 Å². The van der Waals surface area contributed by atoms with Crippen molar-refractivity contribution in [1.29, 1.82) is 0 Å². The van der Waals surface area contributed by atoms with Gasteiger partial charge < -0.3 is 33.3 Å². The van der Waals surface area contributed by atoms with Crippen molar-refractivity contribution in [3.05, 3.63) is 0 Å². The number of esters is 2. The van der Waals surface area contributed by atoms with Crippen LogP contribution in [0.25, 0.3) is 0 Å². The van der Waals surface area contributed by atoms with Gasteiger partial charge >= 0.3 is 11.9 Å². The van der Waals surface area contributed by atoms with E-state index >= 15 is 0 Å². The smallest absolute Gasteiger partial charge is 0.306 e. The fourth-order valence-electron chi connectivity index (χ4n) is 11.1. The summed E-state index contributed by atoms with van der Waals surface area (Å²) in [6, 6.07) is 0. The molecule has 9 nitrogen and oxygen atoms in total. The average Bonchev–Trinajstić information content (AvgIpc) is 3.43. The monoisotopic (exact) mass is 1130 g/mol. The number of hydrogen-bond acceptors (Lipinski definition) is 8. The van der Waals surface area contributed by atoms with E-state index in [2.05, 4.69) is 13.8 Å². The van der Waals surface area contributed by atoms with Crippen molar-refractivity contribution >= 4 is 17.9 Å². The molecule has 0 saturated carbocycles. The summed E-state index contributed by atoms with van der Waals surface area (Å²) in [5.74, 6) is -2.25. The third-order valence-electron chi connectivity index (χ3n) is 16.6. The molecular formula is C71H139NO8. The fourth-order valence-corrected chi connectivity index (χ4v) is 11.1. The molecular weight excluding hydrogens is 995 g/mol. The number of carboxylic acids is 1. The maximum absolute atomic E-state index is 12.9. The molecule has 0 aliphatic rings. The first-order valence-electron chi connectivity index (χ1n) is 35.7. The number of carboxylic acid groups (broad SMARTS) is 1. The number of hydrogen-bond donors (Lipinski definition) is 0. The zero-order chi connectivity index (χ0) is 58.3. The highest BCUT2D eigenvalue weighted by atomic mass is 16.7. The Morgan fingerprint density at radius 2 is 0.562 bits per heavy atom. The van der Waals surface area contributed by atoms with Crippen LogP contribution in [0.2, 0.25) is 0 Å². The fraction of sp³-hybridized carbons (Fsp3) is 0.958. The molecule has 0 amide bonds. The molecule has 476 valence electrons. The van der Waals surface area contributed by atoms with E-state index in [1.165, 1.54) is 315 Å². The molecule has 0 aromatic rings. The van der Waals surface area contributed by atoms with E-state index in [0.717, 1.165) is 38.5 Å². The van der Waals surface area contributed by atoms with Crippen molar-refractivity contribution in [1.82, 2.24) is 0 Å². The predicted molar refractivity (Wildman–Crippen MR) is 339 cm³/mol. The highest BCUT2D eigenvalue weighted by Crippen LogP contribution is 2.20. The number of quaternary nitrogens is 1. The molecule has 0 radical (unpaired) electrons. The number of aliphatic carboxylic acids is 1. The van der Waals surface area contributed by atoms with E-state index in [4.69, 9.17) is 18.9 Å². The van der Waals surface area contributed by atoms with E-state index in [-0.39, 0.29) is 32.2 Å². The summed E-state index contributed by atoms with van der Waals surface area (Å²) in [7, 11) is 5.94. The molecule has 2 atom stereocenters. The van der Waals surface area contributed by atoms with Gasteiger partial charge in [0.15, 0.2) is 12.4 Å². The van der Waals surface area contributed by atoms with Crippen LogP contribution in [-0.2, 0) is 33.3 Å². The van der Waals surface area contributed by atoms with Crippen molar-refractivity contribution in [2.45, 2.75) is 392 Å².